The van der Waals surface area contributed by atoms with Crippen LogP contribution in [0.15, 0.2) is 54.2 Å². The molecule has 2 rings (SSSR count). The summed E-state index contributed by atoms with van der Waals surface area (Å²) < 4.78 is 4.72. The Morgan fingerprint density at radius 1 is 1.04 bits per heavy atom. The predicted octanol–water partition coefficient (Wildman–Crippen LogP) is 3.59. The highest BCUT2D eigenvalue weighted by atomic mass is 35.5. The maximum Gasteiger partial charge on any atom is 0.354 e. The number of rotatable bonds is 4. The van der Waals surface area contributed by atoms with Gasteiger partial charge in [0, 0.05) is 10.6 Å². The molecule has 0 saturated heterocycles. The normalized spacial score (nSPS) is 11.0. The molecule has 23 heavy (non-hydrogen) atoms. The monoisotopic (exact) mass is 329 g/mol. The first-order valence-electron chi connectivity index (χ1n) is 6.93. The van der Waals surface area contributed by atoms with Gasteiger partial charge in [-0.1, -0.05) is 41.4 Å². The zero-order valence-electron chi connectivity index (χ0n) is 12.8. The van der Waals surface area contributed by atoms with Crippen molar-refractivity contribution in [3.8, 4) is 0 Å². The average Bonchev–Trinajstić information content (AvgIpc) is 2.56. The molecule has 5 heteroatoms. The highest BCUT2D eigenvalue weighted by Crippen LogP contribution is 2.12. The second-order valence-electron chi connectivity index (χ2n) is 4.92. The SMILES string of the molecule is COC(=O)/C(=C\c1ccc(C)cc1)NC(=O)c1ccc(Cl)cc1. The van der Waals surface area contributed by atoms with E-state index in [0.29, 0.717) is 10.6 Å². The number of carbonyl (C=O) groups excluding carboxylic acids is 2. The van der Waals surface area contributed by atoms with Crippen LogP contribution in [-0.2, 0) is 9.53 Å². The van der Waals surface area contributed by atoms with Gasteiger partial charge in [-0.2, -0.15) is 0 Å². The predicted molar refractivity (Wildman–Crippen MR) is 90.1 cm³/mol. The van der Waals surface area contributed by atoms with Crippen molar-refractivity contribution < 1.29 is 14.3 Å². The van der Waals surface area contributed by atoms with Gasteiger partial charge in [-0.3, -0.25) is 4.79 Å². The van der Waals surface area contributed by atoms with Gasteiger partial charge in [-0.25, -0.2) is 4.79 Å². The van der Waals surface area contributed by atoms with Crippen molar-refractivity contribution in [2.45, 2.75) is 6.92 Å². The number of benzene rings is 2. The van der Waals surface area contributed by atoms with Crippen LogP contribution in [0, 0.1) is 6.92 Å². The van der Waals surface area contributed by atoms with E-state index in [1.54, 1.807) is 30.3 Å². The van der Waals surface area contributed by atoms with Crippen LogP contribution in [-0.4, -0.2) is 19.0 Å². The van der Waals surface area contributed by atoms with Crippen molar-refractivity contribution in [1.29, 1.82) is 0 Å². The molecule has 0 aliphatic carbocycles. The molecular weight excluding hydrogens is 314 g/mol. The zero-order chi connectivity index (χ0) is 16.8. The fraction of sp³-hybridized carbons (Fsp3) is 0.111. The molecule has 4 nitrogen and oxygen atoms in total. The van der Waals surface area contributed by atoms with Crippen LogP contribution < -0.4 is 5.32 Å². The molecule has 2 aromatic carbocycles. The lowest BCUT2D eigenvalue weighted by atomic mass is 10.1. The van der Waals surface area contributed by atoms with Gasteiger partial charge < -0.3 is 10.1 Å². The van der Waals surface area contributed by atoms with Crippen molar-refractivity contribution in [2.75, 3.05) is 7.11 Å². The lowest BCUT2D eigenvalue weighted by Crippen LogP contribution is -2.28. The van der Waals surface area contributed by atoms with Gasteiger partial charge in [0.2, 0.25) is 0 Å². The molecule has 1 N–H and O–H groups in total. The number of carbonyl (C=O) groups is 2. The number of hydrogen-bond acceptors (Lipinski definition) is 3. The minimum atomic E-state index is -0.618. The quantitative estimate of drug-likeness (QED) is 0.689. The molecule has 0 radical (unpaired) electrons. The fourth-order valence-corrected chi connectivity index (χ4v) is 2.01. The van der Waals surface area contributed by atoms with Crippen LogP contribution >= 0.6 is 11.6 Å². The minimum Gasteiger partial charge on any atom is -0.464 e. The highest BCUT2D eigenvalue weighted by molar-refractivity contribution is 6.30. The molecule has 0 spiro atoms. The van der Waals surface area contributed by atoms with E-state index in [-0.39, 0.29) is 5.70 Å². The van der Waals surface area contributed by atoms with Gasteiger partial charge >= 0.3 is 5.97 Å². The summed E-state index contributed by atoms with van der Waals surface area (Å²) in [5, 5.41) is 3.10. The Kier molecular flexibility index (Phi) is 5.55. The summed E-state index contributed by atoms with van der Waals surface area (Å²) in [5.74, 6) is -1.03. The summed E-state index contributed by atoms with van der Waals surface area (Å²) in [6, 6.07) is 13.9. The largest absolute Gasteiger partial charge is 0.464 e. The van der Waals surface area contributed by atoms with Crippen LogP contribution in [0.3, 0.4) is 0 Å². The van der Waals surface area contributed by atoms with Crippen LogP contribution in [0.2, 0.25) is 5.02 Å². The summed E-state index contributed by atoms with van der Waals surface area (Å²) in [4.78, 5) is 24.1. The number of aryl methyl sites for hydroxylation is 1. The molecule has 0 heterocycles. The molecule has 0 fully saturated rings. The average molecular weight is 330 g/mol. The van der Waals surface area contributed by atoms with E-state index in [1.807, 2.05) is 31.2 Å². The fourth-order valence-electron chi connectivity index (χ4n) is 1.88. The molecule has 1 amide bonds. The first-order valence-corrected chi connectivity index (χ1v) is 7.31. The third kappa shape index (κ3) is 4.69. The number of methoxy groups -OCH3 is 1. The van der Waals surface area contributed by atoms with Crippen LogP contribution in [0.4, 0.5) is 0 Å². The Labute approximate surface area is 139 Å². The van der Waals surface area contributed by atoms with Crippen molar-refractivity contribution in [1.82, 2.24) is 5.32 Å². The maximum atomic E-state index is 12.2. The van der Waals surface area contributed by atoms with Crippen molar-refractivity contribution in [2.24, 2.45) is 0 Å². The van der Waals surface area contributed by atoms with Crippen molar-refractivity contribution >= 4 is 29.6 Å². The molecule has 0 unspecified atom stereocenters. The van der Waals surface area contributed by atoms with Crippen LogP contribution in [0.25, 0.3) is 6.08 Å². The molecule has 0 bridgehead atoms. The van der Waals surface area contributed by atoms with E-state index in [1.165, 1.54) is 7.11 Å². The molecule has 0 aliphatic rings. The van der Waals surface area contributed by atoms with Crippen LogP contribution in [0.1, 0.15) is 21.5 Å². The molecule has 0 atom stereocenters. The van der Waals surface area contributed by atoms with E-state index < -0.39 is 11.9 Å². The van der Waals surface area contributed by atoms with Crippen molar-refractivity contribution in [3.05, 3.63) is 75.9 Å². The second-order valence-corrected chi connectivity index (χ2v) is 5.36. The Morgan fingerprint density at radius 3 is 2.22 bits per heavy atom. The van der Waals surface area contributed by atoms with Gasteiger partial charge in [0.05, 0.1) is 7.11 Å². The number of ether oxygens (including phenoxy) is 1. The van der Waals surface area contributed by atoms with Gasteiger partial charge in [0.15, 0.2) is 0 Å². The number of halogens is 1. The number of esters is 1. The van der Waals surface area contributed by atoms with E-state index >= 15 is 0 Å². The maximum absolute atomic E-state index is 12.2. The molecular formula is C18H16ClNO3. The lowest BCUT2D eigenvalue weighted by Gasteiger charge is -2.08. The lowest BCUT2D eigenvalue weighted by molar-refractivity contribution is -0.136. The van der Waals surface area contributed by atoms with E-state index in [0.717, 1.165) is 11.1 Å². The Bertz CT molecular complexity index is 734. The summed E-state index contributed by atoms with van der Waals surface area (Å²) in [6.07, 6.45) is 1.57. The highest BCUT2D eigenvalue weighted by Gasteiger charge is 2.14. The summed E-state index contributed by atoms with van der Waals surface area (Å²) in [6.45, 7) is 1.97. The number of hydrogen-bond donors (Lipinski definition) is 1. The Balaban J connectivity index is 2.25. The Morgan fingerprint density at radius 2 is 1.65 bits per heavy atom. The summed E-state index contributed by atoms with van der Waals surface area (Å²) >= 11 is 5.80. The third-order valence-electron chi connectivity index (χ3n) is 3.15. The van der Waals surface area contributed by atoms with E-state index in [4.69, 9.17) is 16.3 Å². The number of amides is 1. The van der Waals surface area contributed by atoms with Gasteiger partial charge in [-0.15, -0.1) is 0 Å². The van der Waals surface area contributed by atoms with Gasteiger partial charge in [0.1, 0.15) is 5.70 Å². The minimum absolute atomic E-state index is 0.0660. The van der Waals surface area contributed by atoms with Gasteiger partial charge in [-0.05, 0) is 42.8 Å². The standard InChI is InChI=1S/C18H16ClNO3/c1-12-3-5-13(6-4-12)11-16(18(22)23-2)20-17(21)14-7-9-15(19)10-8-14/h3-11H,1-2H3,(H,20,21)/b16-11+. The second kappa shape index (κ2) is 7.61. The first-order chi connectivity index (χ1) is 11.0. The smallest absolute Gasteiger partial charge is 0.354 e. The first kappa shape index (κ1) is 16.8. The molecule has 0 saturated carbocycles. The molecule has 0 aliphatic heterocycles. The topological polar surface area (TPSA) is 55.4 Å². The molecule has 118 valence electrons. The Hall–Kier alpha value is -2.59. The summed E-state index contributed by atoms with van der Waals surface area (Å²) in [5.41, 5.74) is 2.35. The molecule has 0 aromatic heterocycles. The van der Waals surface area contributed by atoms with Gasteiger partial charge in [0.25, 0.3) is 5.91 Å². The molecule has 2 aromatic rings. The van der Waals surface area contributed by atoms with Crippen molar-refractivity contribution in [3.63, 3.8) is 0 Å². The van der Waals surface area contributed by atoms with E-state index in [2.05, 4.69) is 5.32 Å². The zero-order valence-corrected chi connectivity index (χ0v) is 13.6. The van der Waals surface area contributed by atoms with E-state index in [9.17, 15) is 9.59 Å². The number of nitrogens with one attached hydrogen (secondary N) is 1. The van der Waals surface area contributed by atoms with Crippen LogP contribution in [0.5, 0.6) is 0 Å². The third-order valence-corrected chi connectivity index (χ3v) is 3.40. The summed E-state index contributed by atoms with van der Waals surface area (Å²) in [7, 11) is 1.26.